The van der Waals surface area contributed by atoms with E-state index in [1.807, 2.05) is 6.07 Å². The molecule has 0 amide bonds. The topological polar surface area (TPSA) is 121 Å². The van der Waals surface area contributed by atoms with E-state index in [2.05, 4.69) is 25.6 Å². The number of fused-ring (bicyclic) bond motifs is 1. The van der Waals surface area contributed by atoms with Gasteiger partial charge < -0.3 is 15.5 Å². The van der Waals surface area contributed by atoms with E-state index in [0.29, 0.717) is 30.2 Å². The molecule has 1 aromatic carbocycles. The summed E-state index contributed by atoms with van der Waals surface area (Å²) in [6.07, 6.45) is 3.92. The lowest BCUT2D eigenvalue weighted by atomic mass is 9.96. The molecule has 0 spiro atoms. The van der Waals surface area contributed by atoms with E-state index in [4.69, 9.17) is 15.6 Å². The minimum atomic E-state index is -0.900. The summed E-state index contributed by atoms with van der Waals surface area (Å²) in [5, 5.41) is 11.4. The van der Waals surface area contributed by atoms with Crippen LogP contribution in [0.3, 0.4) is 0 Å². The maximum absolute atomic E-state index is 14.3. The predicted octanol–water partition coefficient (Wildman–Crippen LogP) is 2.09. The summed E-state index contributed by atoms with van der Waals surface area (Å²) in [7, 11) is 0. The number of aromatic nitrogens is 3. The molecule has 1 saturated heterocycles. The average Bonchev–Trinajstić information content (AvgIpc) is 3.46. The van der Waals surface area contributed by atoms with Crippen LogP contribution in [0.25, 0.3) is 0 Å². The number of halogens is 2. The Balaban J connectivity index is 1.45. The molecule has 2 aliphatic rings. The molecule has 9 nitrogen and oxygen atoms in total. The fraction of sp³-hybridized carbons (Fsp3) is 0.350. The van der Waals surface area contributed by atoms with E-state index < -0.39 is 17.3 Å². The molecule has 0 bridgehead atoms. The number of nitrogen functional groups attached to an aromatic ring is 1. The number of likely N-dealkylation sites (tertiary alicyclic amines) is 1. The molecule has 2 unspecified atom stereocenters. The highest BCUT2D eigenvalue weighted by Crippen LogP contribution is 2.37. The van der Waals surface area contributed by atoms with Crippen LogP contribution in [0.1, 0.15) is 30.6 Å². The number of furan rings is 1. The van der Waals surface area contributed by atoms with E-state index in [-0.39, 0.29) is 17.6 Å². The first-order valence-corrected chi connectivity index (χ1v) is 10.0. The number of hydrogen-bond donors (Lipinski definition) is 4. The van der Waals surface area contributed by atoms with Crippen LogP contribution in [-0.4, -0.2) is 32.1 Å². The van der Waals surface area contributed by atoms with Crippen molar-refractivity contribution < 1.29 is 13.2 Å². The van der Waals surface area contributed by atoms with Gasteiger partial charge in [-0.3, -0.25) is 15.7 Å². The summed E-state index contributed by atoms with van der Waals surface area (Å²) in [5.74, 6) is -0.691. The van der Waals surface area contributed by atoms with Crippen LogP contribution in [0, 0.1) is 17.0 Å². The van der Waals surface area contributed by atoms with E-state index in [9.17, 15) is 8.78 Å². The Morgan fingerprint density at radius 1 is 1.26 bits per heavy atom. The molecule has 2 aromatic heterocycles. The van der Waals surface area contributed by atoms with Crippen molar-refractivity contribution in [2.45, 2.75) is 37.5 Å². The average molecular weight is 428 g/mol. The van der Waals surface area contributed by atoms with Gasteiger partial charge in [-0.15, -0.1) is 0 Å². The summed E-state index contributed by atoms with van der Waals surface area (Å²) in [6.45, 7) is 1.07. The normalized spacial score (nSPS) is 22.8. The van der Waals surface area contributed by atoms with Crippen molar-refractivity contribution in [3.63, 3.8) is 0 Å². The van der Waals surface area contributed by atoms with Gasteiger partial charge in [0.1, 0.15) is 0 Å². The summed E-state index contributed by atoms with van der Waals surface area (Å²) in [5.41, 5.74) is 8.32. The second-order valence-corrected chi connectivity index (χ2v) is 7.87. The first kappa shape index (κ1) is 19.5. The van der Waals surface area contributed by atoms with Gasteiger partial charge in [-0.05, 0) is 37.6 Å². The summed E-state index contributed by atoms with van der Waals surface area (Å²) in [6, 6.07) is 7.91. The SMILES string of the molecule is N=c1nc(N)nc2n1NC(CC1CCCN1Cc1cccc(F)c1F)(c1ccco1)N2. The number of nitrogens with two attached hydrogens (primary N) is 1. The Labute approximate surface area is 176 Å². The zero-order valence-corrected chi connectivity index (χ0v) is 16.6. The van der Waals surface area contributed by atoms with Gasteiger partial charge in [0, 0.05) is 24.6 Å². The van der Waals surface area contributed by atoms with E-state index >= 15 is 0 Å². The highest BCUT2D eigenvalue weighted by atomic mass is 19.2. The Kier molecular flexibility index (Phi) is 4.62. The zero-order valence-electron chi connectivity index (χ0n) is 16.6. The first-order valence-electron chi connectivity index (χ1n) is 10.0. The smallest absolute Gasteiger partial charge is 0.247 e. The molecule has 0 radical (unpaired) electrons. The minimum Gasteiger partial charge on any atom is -0.465 e. The monoisotopic (exact) mass is 428 g/mol. The Morgan fingerprint density at radius 3 is 2.94 bits per heavy atom. The summed E-state index contributed by atoms with van der Waals surface area (Å²) < 4.78 is 35.1. The molecular formula is C20H22F2N8O. The molecule has 3 aromatic rings. The maximum Gasteiger partial charge on any atom is 0.247 e. The summed E-state index contributed by atoms with van der Waals surface area (Å²) >= 11 is 0. The molecule has 0 saturated carbocycles. The van der Waals surface area contributed by atoms with Crippen LogP contribution in [0.15, 0.2) is 41.0 Å². The number of nitrogens with zero attached hydrogens (tertiary/aromatic N) is 4. The lowest BCUT2D eigenvalue weighted by molar-refractivity contribution is 0.198. The maximum atomic E-state index is 14.3. The van der Waals surface area contributed by atoms with E-state index in [1.165, 1.54) is 10.7 Å². The lowest BCUT2D eigenvalue weighted by Gasteiger charge is -2.34. The van der Waals surface area contributed by atoms with Crippen LogP contribution >= 0.6 is 0 Å². The van der Waals surface area contributed by atoms with Gasteiger partial charge in [0.15, 0.2) is 23.1 Å². The molecule has 1 fully saturated rings. The third-order valence-corrected chi connectivity index (χ3v) is 5.88. The minimum absolute atomic E-state index is 0.00938. The van der Waals surface area contributed by atoms with E-state index in [1.54, 1.807) is 18.4 Å². The molecule has 31 heavy (non-hydrogen) atoms. The molecule has 5 N–H and O–H groups in total. The number of hydrogen-bond acceptors (Lipinski definition) is 8. The third kappa shape index (κ3) is 3.40. The molecule has 0 aliphatic carbocycles. The van der Waals surface area contributed by atoms with Gasteiger partial charge >= 0.3 is 0 Å². The molecule has 4 heterocycles. The van der Waals surface area contributed by atoms with Gasteiger partial charge in [0.05, 0.1) is 6.26 Å². The summed E-state index contributed by atoms with van der Waals surface area (Å²) in [4.78, 5) is 10.2. The highest BCUT2D eigenvalue weighted by Gasteiger charge is 2.45. The van der Waals surface area contributed by atoms with Crippen molar-refractivity contribution in [1.29, 1.82) is 5.41 Å². The van der Waals surface area contributed by atoms with Crippen LogP contribution < -0.4 is 22.1 Å². The van der Waals surface area contributed by atoms with Gasteiger partial charge in [0.2, 0.25) is 17.5 Å². The Morgan fingerprint density at radius 2 is 2.13 bits per heavy atom. The molecule has 11 heteroatoms. The number of nitrogens with one attached hydrogen (secondary N) is 3. The fourth-order valence-corrected chi connectivity index (χ4v) is 4.45. The predicted molar refractivity (Wildman–Crippen MR) is 108 cm³/mol. The lowest BCUT2D eigenvalue weighted by Crippen LogP contribution is -2.47. The number of anilines is 2. The van der Waals surface area contributed by atoms with Gasteiger partial charge in [0.25, 0.3) is 0 Å². The second kappa shape index (κ2) is 7.34. The first-order chi connectivity index (χ1) is 14.9. The van der Waals surface area contributed by atoms with Crippen LogP contribution in [0.5, 0.6) is 0 Å². The van der Waals surface area contributed by atoms with Crippen LogP contribution in [0.4, 0.5) is 20.7 Å². The van der Waals surface area contributed by atoms with Gasteiger partial charge in [-0.1, -0.05) is 12.1 Å². The zero-order chi connectivity index (χ0) is 21.6. The quantitative estimate of drug-likeness (QED) is 0.491. The van der Waals surface area contributed by atoms with Crippen molar-refractivity contribution in [2.75, 3.05) is 23.0 Å². The third-order valence-electron chi connectivity index (χ3n) is 5.88. The molecule has 2 aliphatic heterocycles. The Hall–Kier alpha value is -3.47. The largest absolute Gasteiger partial charge is 0.465 e. The number of benzene rings is 1. The van der Waals surface area contributed by atoms with Crippen molar-refractivity contribution in [2.24, 2.45) is 0 Å². The van der Waals surface area contributed by atoms with Gasteiger partial charge in [-0.25, -0.2) is 8.78 Å². The highest BCUT2D eigenvalue weighted by molar-refractivity contribution is 5.44. The standard InChI is InChI=1S/C20H22F2N8O/c21-14-6-1-4-12(16(14)22)11-29-8-2-5-13(29)10-20(15-7-3-9-31-15)27-19-26-17(23)25-18(24)30(19)28-20/h1,3-4,6-7,9,13,28H,2,5,8,10-11H2,(H4,23,24,25,26,27). The van der Waals surface area contributed by atoms with Crippen molar-refractivity contribution in [3.05, 3.63) is 65.2 Å². The fourth-order valence-electron chi connectivity index (χ4n) is 4.45. The van der Waals surface area contributed by atoms with Crippen LogP contribution in [0.2, 0.25) is 0 Å². The molecule has 2 atom stereocenters. The van der Waals surface area contributed by atoms with Crippen molar-refractivity contribution >= 4 is 11.9 Å². The number of rotatable bonds is 5. The van der Waals surface area contributed by atoms with Crippen LogP contribution in [-0.2, 0) is 12.2 Å². The van der Waals surface area contributed by atoms with Crippen molar-refractivity contribution in [1.82, 2.24) is 19.5 Å². The van der Waals surface area contributed by atoms with E-state index in [0.717, 1.165) is 25.5 Å². The molecule has 162 valence electrons. The van der Waals surface area contributed by atoms with Crippen molar-refractivity contribution in [3.8, 4) is 0 Å². The molecule has 5 rings (SSSR count). The Bertz CT molecular complexity index is 1160. The molecular weight excluding hydrogens is 406 g/mol. The van der Waals surface area contributed by atoms with Gasteiger partial charge in [-0.2, -0.15) is 14.6 Å². The second-order valence-electron chi connectivity index (χ2n) is 7.87.